The molecule has 0 spiro atoms. The molecule has 1 unspecified atom stereocenters. The van der Waals surface area contributed by atoms with Crippen molar-refractivity contribution in [2.45, 2.75) is 12.1 Å². The largest absolute Gasteiger partial charge is 0.357 e. The van der Waals surface area contributed by atoms with Gasteiger partial charge >= 0.3 is 0 Å². The van der Waals surface area contributed by atoms with Gasteiger partial charge in [-0.15, -0.1) is 0 Å². The molecule has 1 heterocycles. The van der Waals surface area contributed by atoms with Gasteiger partial charge in [0.1, 0.15) is 0 Å². The highest BCUT2D eigenvalue weighted by Gasteiger charge is 2.33. The van der Waals surface area contributed by atoms with E-state index >= 15 is 0 Å². The van der Waals surface area contributed by atoms with Crippen molar-refractivity contribution in [1.29, 1.82) is 0 Å². The zero-order chi connectivity index (χ0) is 10.6. The predicted octanol–water partition coefficient (Wildman–Crippen LogP) is 1.08. The lowest BCUT2D eigenvalue weighted by atomic mass is 10.0. The highest BCUT2D eigenvalue weighted by molar-refractivity contribution is 5.22. The number of benzene rings is 1. The molecule has 0 bridgehead atoms. The van der Waals surface area contributed by atoms with E-state index in [4.69, 9.17) is 4.74 Å². The summed E-state index contributed by atoms with van der Waals surface area (Å²) >= 11 is 0. The van der Waals surface area contributed by atoms with Crippen molar-refractivity contribution in [3.05, 3.63) is 35.9 Å². The fourth-order valence-corrected chi connectivity index (χ4v) is 1.92. The molecule has 1 aromatic carbocycles. The highest BCUT2D eigenvalue weighted by atomic mass is 16.5. The Morgan fingerprint density at radius 2 is 2.13 bits per heavy atom. The van der Waals surface area contributed by atoms with E-state index in [9.17, 15) is 0 Å². The van der Waals surface area contributed by atoms with E-state index in [0.29, 0.717) is 0 Å². The number of rotatable bonds is 2. The Bertz CT molecular complexity index is 292. The van der Waals surface area contributed by atoms with Crippen LogP contribution in [0.5, 0.6) is 0 Å². The summed E-state index contributed by atoms with van der Waals surface area (Å²) in [6.45, 7) is 2.63. The van der Waals surface area contributed by atoms with Crippen LogP contribution in [0.3, 0.4) is 0 Å². The molecule has 1 fully saturated rings. The third-order valence-corrected chi connectivity index (χ3v) is 2.81. The van der Waals surface area contributed by atoms with E-state index in [1.165, 1.54) is 0 Å². The third kappa shape index (κ3) is 2.20. The van der Waals surface area contributed by atoms with Crippen LogP contribution in [0.15, 0.2) is 30.3 Å². The van der Waals surface area contributed by atoms with Gasteiger partial charge in [0.25, 0.3) is 0 Å². The summed E-state index contributed by atoms with van der Waals surface area (Å²) < 4.78 is 5.62. The maximum absolute atomic E-state index is 5.62. The summed E-state index contributed by atoms with van der Waals surface area (Å²) in [4.78, 5) is 0. The second-order valence-corrected chi connectivity index (χ2v) is 3.77. The average Bonchev–Trinajstić information content (AvgIpc) is 2.56. The van der Waals surface area contributed by atoms with Crippen LogP contribution in [0, 0.1) is 0 Å². The Labute approximate surface area is 90.8 Å². The maximum Gasteiger partial charge on any atom is 0.172 e. The van der Waals surface area contributed by atoms with Crippen LogP contribution < -0.4 is 10.6 Å². The van der Waals surface area contributed by atoms with Gasteiger partial charge in [-0.2, -0.15) is 0 Å². The number of hydrogen-bond donors (Lipinski definition) is 1. The van der Waals surface area contributed by atoms with E-state index in [1.807, 2.05) is 18.2 Å². The molecule has 0 saturated carbocycles. The maximum atomic E-state index is 5.62. The van der Waals surface area contributed by atoms with Gasteiger partial charge in [0.2, 0.25) is 0 Å². The first-order chi connectivity index (χ1) is 7.37. The molecule has 2 rings (SSSR count). The van der Waals surface area contributed by atoms with E-state index in [1.54, 1.807) is 7.11 Å². The zero-order valence-corrected chi connectivity index (χ0v) is 9.07. The minimum Gasteiger partial charge on any atom is -0.357 e. The lowest BCUT2D eigenvalue weighted by molar-refractivity contribution is -0.0415. The lowest BCUT2D eigenvalue weighted by Gasteiger charge is -2.30. The first kappa shape index (κ1) is 10.6. The van der Waals surface area contributed by atoms with Crippen molar-refractivity contribution in [1.82, 2.24) is 10.6 Å². The number of methoxy groups -OCH3 is 1. The molecule has 1 aliphatic rings. The molecule has 0 aromatic heterocycles. The Balaban J connectivity index is 2.27. The summed E-state index contributed by atoms with van der Waals surface area (Å²) in [7, 11) is 1.73. The van der Waals surface area contributed by atoms with Gasteiger partial charge in [-0.1, -0.05) is 30.3 Å². The normalized spacial score (nSPS) is 27.3. The minimum atomic E-state index is -0.488. The Kier molecular flexibility index (Phi) is 3.36. The zero-order valence-electron chi connectivity index (χ0n) is 9.07. The van der Waals surface area contributed by atoms with Crippen molar-refractivity contribution >= 4 is 0 Å². The van der Waals surface area contributed by atoms with Crippen molar-refractivity contribution < 1.29 is 4.74 Å². The summed E-state index contributed by atoms with van der Waals surface area (Å²) in [5.41, 5.74) is 0.638. The number of nitrogens with one attached hydrogen (secondary N) is 1. The molecular weight excluding hydrogens is 188 g/mol. The molecule has 15 heavy (non-hydrogen) atoms. The van der Waals surface area contributed by atoms with Crippen molar-refractivity contribution in [2.75, 3.05) is 26.7 Å². The summed E-state index contributed by atoms with van der Waals surface area (Å²) in [6, 6.07) is 10.2. The van der Waals surface area contributed by atoms with Gasteiger partial charge in [-0.3, -0.25) is 0 Å². The SMILES string of the molecule is COC1(c2ccccc2)CNCCC[N]1. The smallest absolute Gasteiger partial charge is 0.172 e. The predicted molar refractivity (Wildman–Crippen MR) is 59.6 cm³/mol. The lowest BCUT2D eigenvalue weighted by Crippen LogP contribution is -2.45. The first-order valence-corrected chi connectivity index (χ1v) is 5.37. The van der Waals surface area contributed by atoms with Crippen LogP contribution >= 0.6 is 0 Å². The number of hydrogen-bond acceptors (Lipinski definition) is 2. The van der Waals surface area contributed by atoms with Crippen LogP contribution in [0.1, 0.15) is 12.0 Å². The van der Waals surface area contributed by atoms with Crippen LogP contribution in [-0.2, 0) is 10.5 Å². The molecule has 1 atom stereocenters. The van der Waals surface area contributed by atoms with E-state index in [0.717, 1.165) is 31.6 Å². The second-order valence-electron chi connectivity index (χ2n) is 3.77. The van der Waals surface area contributed by atoms with Crippen LogP contribution in [0.4, 0.5) is 0 Å². The minimum absolute atomic E-state index is 0.488. The molecule has 81 valence electrons. The van der Waals surface area contributed by atoms with Crippen molar-refractivity contribution in [3.8, 4) is 0 Å². The third-order valence-electron chi connectivity index (χ3n) is 2.81. The standard InChI is InChI=1S/C12H17N2O/c1-15-12(10-13-8-5-9-14-12)11-6-3-2-4-7-11/h2-4,6-7,13H,5,8-10H2,1H3. The van der Waals surface area contributed by atoms with Gasteiger partial charge in [0.15, 0.2) is 5.72 Å². The van der Waals surface area contributed by atoms with Gasteiger partial charge in [-0.05, 0) is 13.0 Å². The fraction of sp³-hybridized carbons (Fsp3) is 0.500. The quantitative estimate of drug-likeness (QED) is 0.784. The molecule has 0 aliphatic carbocycles. The van der Waals surface area contributed by atoms with E-state index in [-0.39, 0.29) is 0 Å². The second kappa shape index (κ2) is 4.75. The molecule has 1 radical (unpaired) electrons. The first-order valence-electron chi connectivity index (χ1n) is 5.37. The number of ether oxygens (including phenoxy) is 1. The Morgan fingerprint density at radius 1 is 1.33 bits per heavy atom. The number of nitrogens with zero attached hydrogens (tertiary/aromatic N) is 1. The monoisotopic (exact) mass is 205 g/mol. The van der Waals surface area contributed by atoms with E-state index in [2.05, 4.69) is 22.8 Å². The van der Waals surface area contributed by atoms with Gasteiger partial charge < -0.3 is 10.1 Å². The van der Waals surface area contributed by atoms with Gasteiger partial charge in [0.05, 0.1) is 0 Å². The van der Waals surface area contributed by atoms with Crippen molar-refractivity contribution in [2.24, 2.45) is 0 Å². The van der Waals surface area contributed by atoms with Crippen LogP contribution in [0.25, 0.3) is 0 Å². The van der Waals surface area contributed by atoms with Gasteiger partial charge in [-0.25, -0.2) is 5.32 Å². The molecule has 1 N–H and O–H groups in total. The highest BCUT2D eigenvalue weighted by Crippen LogP contribution is 2.23. The Morgan fingerprint density at radius 3 is 2.87 bits per heavy atom. The summed E-state index contributed by atoms with van der Waals surface area (Å²) in [5.74, 6) is 0. The van der Waals surface area contributed by atoms with Crippen molar-refractivity contribution in [3.63, 3.8) is 0 Å². The molecule has 0 amide bonds. The summed E-state index contributed by atoms with van der Waals surface area (Å²) in [6.07, 6.45) is 1.08. The van der Waals surface area contributed by atoms with Gasteiger partial charge in [0, 0.05) is 25.8 Å². The van der Waals surface area contributed by atoms with E-state index < -0.39 is 5.72 Å². The molecule has 3 nitrogen and oxygen atoms in total. The van der Waals surface area contributed by atoms with Crippen LogP contribution in [-0.4, -0.2) is 26.7 Å². The summed E-state index contributed by atoms with van der Waals surface area (Å²) in [5, 5.41) is 8.03. The van der Waals surface area contributed by atoms with Crippen LogP contribution in [0.2, 0.25) is 0 Å². The topological polar surface area (TPSA) is 35.4 Å². The molecule has 1 aliphatic heterocycles. The molecule has 1 aromatic rings. The molecule has 3 heteroatoms. The fourth-order valence-electron chi connectivity index (χ4n) is 1.92. The molecule has 1 saturated heterocycles. The average molecular weight is 205 g/mol. The molecular formula is C12H17N2O. The Hall–Kier alpha value is -0.900.